The van der Waals surface area contributed by atoms with Crippen LogP contribution in [0.25, 0.3) is 6.08 Å². The van der Waals surface area contributed by atoms with Gasteiger partial charge in [0, 0.05) is 19.6 Å². The van der Waals surface area contributed by atoms with Crippen LogP contribution >= 0.6 is 0 Å². The van der Waals surface area contributed by atoms with Crippen LogP contribution in [0.2, 0.25) is 0 Å². The lowest BCUT2D eigenvalue weighted by Crippen LogP contribution is -2.33. The maximum absolute atomic E-state index is 11.2. The molecule has 0 aliphatic carbocycles. The minimum atomic E-state index is -3.07. The van der Waals surface area contributed by atoms with Crippen LogP contribution in [-0.4, -0.2) is 33.8 Å². The lowest BCUT2D eigenvalue weighted by atomic mass is 10.1. The standard InChI is InChI=1S/C14H22N2O2S/c1-3-19(17,18)16-10-9-15-12-13(2)11-14-7-5-4-6-8-14/h4-8,11,15-16H,3,9-10,12H2,1-2H3/b13-11+. The van der Waals surface area contributed by atoms with Crippen molar-refractivity contribution in [2.45, 2.75) is 13.8 Å². The summed E-state index contributed by atoms with van der Waals surface area (Å²) in [6, 6.07) is 10.1. The van der Waals surface area contributed by atoms with Crippen LogP contribution < -0.4 is 10.0 Å². The van der Waals surface area contributed by atoms with Crippen LogP contribution in [-0.2, 0) is 10.0 Å². The minimum Gasteiger partial charge on any atom is -0.312 e. The molecule has 5 heteroatoms. The van der Waals surface area contributed by atoms with Crippen molar-refractivity contribution in [3.05, 3.63) is 41.5 Å². The van der Waals surface area contributed by atoms with Crippen molar-refractivity contribution in [2.75, 3.05) is 25.4 Å². The van der Waals surface area contributed by atoms with Gasteiger partial charge in [-0.05, 0) is 19.4 Å². The van der Waals surface area contributed by atoms with E-state index in [0.717, 1.165) is 6.54 Å². The first kappa shape index (κ1) is 15.9. The summed E-state index contributed by atoms with van der Waals surface area (Å²) >= 11 is 0. The average molecular weight is 282 g/mol. The third kappa shape index (κ3) is 7.10. The number of rotatable bonds is 8. The van der Waals surface area contributed by atoms with Crippen molar-refractivity contribution in [2.24, 2.45) is 0 Å². The Hall–Kier alpha value is -1.17. The van der Waals surface area contributed by atoms with Gasteiger partial charge in [-0.1, -0.05) is 42.0 Å². The first-order valence-electron chi connectivity index (χ1n) is 6.44. The van der Waals surface area contributed by atoms with Crippen molar-refractivity contribution < 1.29 is 8.42 Å². The van der Waals surface area contributed by atoms with E-state index in [-0.39, 0.29) is 5.75 Å². The third-order valence-corrected chi connectivity index (χ3v) is 4.02. The lowest BCUT2D eigenvalue weighted by Gasteiger charge is -2.07. The molecule has 0 saturated carbocycles. The van der Waals surface area contributed by atoms with Gasteiger partial charge in [-0.25, -0.2) is 13.1 Å². The molecule has 0 heterocycles. The van der Waals surface area contributed by atoms with Crippen LogP contribution in [0.5, 0.6) is 0 Å². The minimum absolute atomic E-state index is 0.125. The van der Waals surface area contributed by atoms with Crippen LogP contribution in [0.3, 0.4) is 0 Å². The fourth-order valence-corrected chi connectivity index (χ4v) is 2.18. The number of benzene rings is 1. The molecule has 0 fully saturated rings. The molecule has 0 spiro atoms. The van der Waals surface area contributed by atoms with Crippen molar-refractivity contribution in [3.8, 4) is 0 Å². The van der Waals surface area contributed by atoms with Crippen LogP contribution in [0.15, 0.2) is 35.9 Å². The Labute approximate surface area is 116 Å². The second-order valence-electron chi connectivity index (χ2n) is 4.38. The molecule has 4 nitrogen and oxygen atoms in total. The molecule has 0 atom stereocenters. The Morgan fingerprint density at radius 2 is 1.89 bits per heavy atom. The van der Waals surface area contributed by atoms with E-state index in [4.69, 9.17) is 0 Å². The molecule has 0 aliphatic heterocycles. The predicted molar refractivity (Wildman–Crippen MR) is 80.4 cm³/mol. The molecule has 0 bridgehead atoms. The Kier molecular flexibility index (Phi) is 6.77. The molecule has 0 saturated heterocycles. The van der Waals surface area contributed by atoms with Gasteiger partial charge in [0.25, 0.3) is 0 Å². The Morgan fingerprint density at radius 3 is 2.53 bits per heavy atom. The molecular formula is C14H22N2O2S. The molecule has 0 aromatic heterocycles. The van der Waals surface area contributed by atoms with E-state index >= 15 is 0 Å². The molecule has 0 amide bonds. The highest BCUT2D eigenvalue weighted by Gasteiger charge is 2.03. The van der Waals surface area contributed by atoms with Gasteiger partial charge in [0.2, 0.25) is 10.0 Å². The molecular weight excluding hydrogens is 260 g/mol. The Balaban J connectivity index is 2.25. The molecule has 0 aliphatic rings. The molecule has 1 rings (SSSR count). The van der Waals surface area contributed by atoms with Crippen LogP contribution in [0, 0.1) is 0 Å². The summed E-state index contributed by atoms with van der Waals surface area (Å²) in [7, 11) is -3.07. The highest BCUT2D eigenvalue weighted by molar-refractivity contribution is 7.89. The topological polar surface area (TPSA) is 58.2 Å². The maximum atomic E-state index is 11.2. The number of hydrogen-bond donors (Lipinski definition) is 2. The summed E-state index contributed by atoms with van der Waals surface area (Å²) in [5.41, 5.74) is 2.39. The van der Waals surface area contributed by atoms with Crippen molar-refractivity contribution in [1.29, 1.82) is 0 Å². The Morgan fingerprint density at radius 1 is 1.21 bits per heavy atom. The van der Waals surface area contributed by atoms with E-state index < -0.39 is 10.0 Å². The fraction of sp³-hybridized carbons (Fsp3) is 0.429. The largest absolute Gasteiger partial charge is 0.312 e. The molecule has 0 radical (unpaired) electrons. The second kappa shape index (κ2) is 8.09. The van der Waals surface area contributed by atoms with Gasteiger partial charge in [0.05, 0.1) is 5.75 Å². The van der Waals surface area contributed by atoms with E-state index in [1.54, 1.807) is 6.92 Å². The van der Waals surface area contributed by atoms with Gasteiger partial charge >= 0.3 is 0 Å². The zero-order valence-corrected chi connectivity index (χ0v) is 12.3. The highest BCUT2D eigenvalue weighted by Crippen LogP contribution is 2.04. The third-order valence-electron chi connectivity index (χ3n) is 2.62. The van der Waals surface area contributed by atoms with Gasteiger partial charge < -0.3 is 5.32 Å². The van der Waals surface area contributed by atoms with Gasteiger partial charge in [0.15, 0.2) is 0 Å². The quantitative estimate of drug-likeness (QED) is 0.712. The molecule has 1 aromatic carbocycles. The highest BCUT2D eigenvalue weighted by atomic mass is 32.2. The number of sulfonamides is 1. The smallest absolute Gasteiger partial charge is 0.211 e. The second-order valence-corrected chi connectivity index (χ2v) is 6.47. The van der Waals surface area contributed by atoms with E-state index in [1.807, 2.05) is 18.2 Å². The zero-order chi connectivity index (χ0) is 14.1. The number of hydrogen-bond acceptors (Lipinski definition) is 3. The van der Waals surface area contributed by atoms with E-state index in [2.05, 4.69) is 35.2 Å². The zero-order valence-electron chi connectivity index (χ0n) is 11.5. The summed E-state index contributed by atoms with van der Waals surface area (Å²) in [5, 5.41) is 3.21. The monoisotopic (exact) mass is 282 g/mol. The van der Waals surface area contributed by atoms with Crippen molar-refractivity contribution in [1.82, 2.24) is 10.0 Å². The summed E-state index contributed by atoms with van der Waals surface area (Å²) < 4.78 is 24.9. The first-order chi connectivity index (χ1) is 9.03. The molecule has 1 aromatic rings. The van der Waals surface area contributed by atoms with Crippen molar-refractivity contribution >= 4 is 16.1 Å². The normalized spacial score (nSPS) is 12.6. The summed E-state index contributed by atoms with van der Waals surface area (Å²) in [6.07, 6.45) is 2.11. The van der Waals surface area contributed by atoms with E-state index in [0.29, 0.717) is 13.1 Å². The SMILES string of the molecule is CCS(=O)(=O)NCCNC/C(C)=C/c1ccccc1. The van der Waals surface area contributed by atoms with Crippen molar-refractivity contribution in [3.63, 3.8) is 0 Å². The molecule has 2 N–H and O–H groups in total. The van der Waals surface area contributed by atoms with Gasteiger partial charge in [-0.15, -0.1) is 0 Å². The van der Waals surface area contributed by atoms with Gasteiger partial charge in [-0.2, -0.15) is 0 Å². The molecule has 19 heavy (non-hydrogen) atoms. The molecule has 0 unspecified atom stereocenters. The Bertz CT molecular complexity index is 495. The fourth-order valence-electron chi connectivity index (χ4n) is 1.57. The average Bonchev–Trinajstić information content (AvgIpc) is 2.39. The van der Waals surface area contributed by atoms with E-state index in [1.165, 1.54) is 11.1 Å². The predicted octanol–water partition coefficient (Wildman–Crippen LogP) is 1.62. The maximum Gasteiger partial charge on any atom is 0.211 e. The summed E-state index contributed by atoms with van der Waals surface area (Å²) in [6.45, 7) is 5.48. The molecule has 106 valence electrons. The summed E-state index contributed by atoms with van der Waals surface area (Å²) in [4.78, 5) is 0. The van der Waals surface area contributed by atoms with Gasteiger partial charge in [-0.3, -0.25) is 0 Å². The number of nitrogens with one attached hydrogen (secondary N) is 2. The van der Waals surface area contributed by atoms with Crippen LogP contribution in [0.4, 0.5) is 0 Å². The van der Waals surface area contributed by atoms with E-state index in [9.17, 15) is 8.42 Å². The van der Waals surface area contributed by atoms with Gasteiger partial charge in [0.1, 0.15) is 0 Å². The summed E-state index contributed by atoms with van der Waals surface area (Å²) in [5.74, 6) is 0.125. The first-order valence-corrected chi connectivity index (χ1v) is 8.09. The van der Waals surface area contributed by atoms with Crippen LogP contribution in [0.1, 0.15) is 19.4 Å². The lowest BCUT2D eigenvalue weighted by molar-refractivity contribution is 0.579.